The van der Waals surface area contributed by atoms with Crippen LogP contribution in [0.1, 0.15) is 21.5 Å². The highest BCUT2D eigenvalue weighted by Gasteiger charge is 2.34. The summed E-state index contributed by atoms with van der Waals surface area (Å²) in [6, 6.07) is 25.0. The van der Waals surface area contributed by atoms with Crippen LogP contribution in [0.5, 0.6) is 5.75 Å². The van der Waals surface area contributed by atoms with Gasteiger partial charge in [-0.25, -0.2) is 0 Å². The molecule has 0 aromatic heterocycles. The van der Waals surface area contributed by atoms with Gasteiger partial charge in [-0.05, 0) is 60.7 Å². The van der Waals surface area contributed by atoms with Gasteiger partial charge in [-0.3, -0.25) is 14.4 Å². The summed E-state index contributed by atoms with van der Waals surface area (Å²) in [7, 11) is 1.49. The van der Waals surface area contributed by atoms with E-state index < -0.39 is 35.1 Å². The second-order valence-corrected chi connectivity index (χ2v) is 10.6. The molecule has 7 nitrogen and oxygen atoms in total. The molecule has 0 saturated carbocycles. The number of alkyl halides is 3. The number of carbonyl (C=O) groups excluding carboxylic acids is 3. The maximum atomic E-state index is 13.4. The van der Waals surface area contributed by atoms with Crippen LogP contribution in [0.2, 0.25) is 5.02 Å². The Kier molecular flexibility index (Phi) is 10.7. The number of anilines is 2. The van der Waals surface area contributed by atoms with Gasteiger partial charge in [0, 0.05) is 26.7 Å². The van der Waals surface area contributed by atoms with Gasteiger partial charge < -0.3 is 20.7 Å². The molecule has 0 saturated heterocycles. The number of benzene rings is 4. The predicted molar refractivity (Wildman–Crippen MR) is 166 cm³/mol. The topological polar surface area (TPSA) is 96.5 Å². The molecule has 0 atom stereocenters. The normalized spacial score (nSPS) is 11.4. The highest BCUT2D eigenvalue weighted by atomic mass is 35.5. The van der Waals surface area contributed by atoms with Gasteiger partial charge in [0.2, 0.25) is 5.91 Å². The average molecular weight is 640 g/mol. The Hall–Kier alpha value is -4.74. The van der Waals surface area contributed by atoms with Crippen LogP contribution >= 0.6 is 23.4 Å². The van der Waals surface area contributed by atoms with Crippen LogP contribution in [-0.4, -0.2) is 30.6 Å². The van der Waals surface area contributed by atoms with E-state index in [0.29, 0.717) is 27.5 Å². The van der Waals surface area contributed by atoms with Crippen LogP contribution in [0.15, 0.2) is 108 Å². The van der Waals surface area contributed by atoms with Gasteiger partial charge in [-0.15, -0.1) is 11.8 Å². The first kappa shape index (κ1) is 32.2. The monoisotopic (exact) mass is 639 g/mol. The smallest absolute Gasteiger partial charge is 0.418 e. The van der Waals surface area contributed by atoms with Crippen molar-refractivity contribution in [2.24, 2.45) is 0 Å². The van der Waals surface area contributed by atoms with E-state index in [9.17, 15) is 27.6 Å². The molecule has 3 amide bonds. The summed E-state index contributed by atoms with van der Waals surface area (Å²) in [6.45, 7) is 0. The number of carbonyl (C=O) groups is 3. The van der Waals surface area contributed by atoms with Crippen LogP contribution in [-0.2, 0) is 15.8 Å². The number of nitrogens with one attached hydrogen (secondary N) is 3. The number of para-hydroxylation sites is 1. The minimum Gasteiger partial charge on any atom is -0.496 e. The summed E-state index contributed by atoms with van der Waals surface area (Å²) in [6.07, 6.45) is -3.21. The summed E-state index contributed by atoms with van der Waals surface area (Å²) >= 11 is 6.76. The van der Waals surface area contributed by atoms with Crippen molar-refractivity contribution in [2.75, 3.05) is 23.5 Å². The van der Waals surface area contributed by atoms with Crippen LogP contribution in [0.3, 0.4) is 0 Å². The minimum absolute atomic E-state index is 0.0516. The summed E-state index contributed by atoms with van der Waals surface area (Å²) in [4.78, 5) is 39.4. The van der Waals surface area contributed by atoms with Gasteiger partial charge in [0.1, 0.15) is 11.4 Å². The lowest BCUT2D eigenvalue weighted by Crippen LogP contribution is -2.30. The second-order valence-electron chi connectivity index (χ2n) is 9.13. The van der Waals surface area contributed by atoms with Gasteiger partial charge in [0.25, 0.3) is 11.8 Å². The number of halogens is 4. The molecule has 4 rings (SSSR count). The van der Waals surface area contributed by atoms with Crippen molar-refractivity contribution in [3.05, 3.63) is 124 Å². The molecule has 0 aliphatic carbocycles. The van der Waals surface area contributed by atoms with Crippen LogP contribution in [0, 0.1) is 0 Å². The van der Waals surface area contributed by atoms with Crippen LogP contribution in [0.25, 0.3) is 6.08 Å². The van der Waals surface area contributed by atoms with Crippen molar-refractivity contribution >= 4 is 58.5 Å². The second kappa shape index (κ2) is 14.6. The van der Waals surface area contributed by atoms with Crippen LogP contribution in [0.4, 0.5) is 24.5 Å². The first-order valence-corrected chi connectivity index (χ1v) is 14.3. The molecule has 0 aliphatic rings. The van der Waals surface area contributed by atoms with Gasteiger partial charge in [-0.1, -0.05) is 54.1 Å². The van der Waals surface area contributed by atoms with Crippen molar-refractivity contribution in [1.82, 2.24) is 5.32 Å². The van der Waals surface area contributed by atoms with Gasteiger partial charge in [-0.2, -0.15) is 13.2 Å². The number of hydrogen-bond acceptors (Lipinski definition) is 5. The largest absolute Gasteiger partial charge is 0.496 e. The van der Waals surface area contributed by atoms with E-state index in [1.165, 1.54) is 19.3 Å². The first-order valence-electron chi connectivity index (χ1n) is 13.0. The fraction of sp³-hybridized carbons (Fsp3) is 0.0938. The van der Waals surface area contributed by atoms with Gasteiger partial charge >= 0.3 is 6.18 Å². The molecule has 3 N–H and O–H groups in total. The lowest BCUT2D eigenvalue weighted by Gasteiger charge is -2.14. The molecule has 0 radical (unpaired) electrons. The molecule has 0 unspecified atom stereocenters. The highest BCUT2D eigenvalue weighted by molar-refractivity contribution is 8.00. The van der Waals surface area contributed by atoms with E-state index in [0.717, 1.165) is 23.9 Å². The number of thioether (sulfide) groups is 1. The van der Waals surface area contributed by atoms with E-state index >= 15 is 0 Å². The molecule has 0 bridgehead atoms. The SMILES string of the molecule is COc1ccccc1/C=C(/NC(=O)c1ccccc1)C(=O)Nc1cccc(SCC(=O)Nc2ccc(Cl)cc2C(F)(F)F)c1. The lowest BCUT2D eigenvalue weighted by atomic mass is 10.1. The lowest BCUT2D eigenvalue weighted by molar-refractivity contribution is -0.137. The summed E-state index contributed by atoms with van der Waals surface area (Å²) in [5.41, 5.74) is -0.242. The number of ether oxygens (including phenoxy) is 1. The maximum Gasteiger partial charge on any atom is 0.418 e. The molecule has 4 aromatic carbocycles. The van der Waals surface area contributed by atoms with Gasteiger partial charge in [0.05, 0.1) is 24.1 Å². The number of methoxy groups -OCH3 is 1. The Morgan fingerprint density at radius 1 is 0.886 bits per heavy atom. The number of hydrogen-bond donors (Lipinski definition) is 3. The Morgan fingerprint density at radius 3 is 2.34 bits per heavy atom. The third kappa shape index (κ3) is 8.88. The zero-order valence-corrected chi connectivity index (χ0v) is 24.6. The van der Waals surface area contributed by atoms with Gasteiger partial charge in [0.15, 0.2) is 0 Å². The van der Waals surface area contributed by atoms with E-state index in [1.807, 2.05) is 0 Å². The number of rotatable bonds is 10. The molecule has 12 heteroatoms. The molecule has 0 fully saturated rings. The zero-order valence-electron chi connectivity index (χ0n) is 23.1. The Balaban J connectivity index is 1.48. The maximum absolute atomic E-state index is 13.4. The van der Waals surface area contributed by atoms with Crippen molar-refractivity contribution < 1.29 is 32.3 Å². The fourth-order valence-electron chi connectivity index (χ4n) is 3.94. The molecule has 0 spiro atoms. The minimum atomic E-state index is -4.70. The molecule has 0 aliphatic heterocycles. The summed E-state index contributed by atoms with van der Waals surface area (Å²) in [5, 5.41) is 7.56. The summed E-state index contributed by atoms with van der Waals surface area (Å²) < 4.78 is 45.5. The van der Waals surface area contributed by atoms with E-state index in [2.05, 4.69) is 16.0 Å². The molecule has 4 aromatic rings. The standard InChI is InChI=1S/C32H25ClF3N3O4S/c1-43-28-13-6-5-10-21(28)16-27(39-30(41)20-8-3-2-4-9-20)31(42)37-23-11-7-12-24(18-23)44-19-29(40)38-26-15-14-22(33)17-25(26)32(34,35)36/h2-18H,19H2,1H3,(H,37,42)(H,38,40)(H,39,41)/b27-16+. The molecule has 226 valence electrons. The van der Waals surface area contributed by atoms with Crippen molar-refractivity contribution in [3.63, 3.8) is 0 Å². The van der Waals surface area contributed by atoms with Crippen LogP contribution < -0.4 is 20.7 Å². The Labute approximate surface area is 260 Å². The quantitative estimate of drug-likeness (QED) is 0.123. The Bertz CT molecular complexity index is 1700. The number of amides is 3. The third-order valence-electron chi connectivity index (χ3n) is 5.99. The molecule has 0 heterocycles. The zero-order chi connectivity index (χ0) is 31.7. The predicted octanol–water partition coefficient (Wildman–Crippen LogP) is 7.51. The van der Waals surface area contributed by atoms with E-state index in [-0.39, 0.29) is 16.5 Å². The highest BCUT2D eigenvalue weighted by Crippen LogP contribution is 2.36. The Morgan fingerprint density at radius 2 is 1.61 bits per heavy atom. The fourth-order valence-corrected chi connectivity index (χ4v) is 4.87. The molecular weight excluding hydrogens is 615 g/mol. The first-order chi connectivity index (χ1) is 21.0. The van der Waals surface area contributed by atoms with E-state index in [4.69, 9.17) is 16.3 Å². The van der Waals surface area contributed by atoms with Crippen molar-refractivity contribution in [2.45, 2.75) is 11.1 Å². The average Bonchev–Trinajstić information content (AvgIpc) is 3.01. The molecular formula is C32H25ClF3N3O4S. The molecule has 44 heavy (non-hydrogen) atoms. The van der Waals surface area contributed by atoms with E-state index in [1.54, 1.807) is 78.9 Å². The van der Waals surface area contributed by atoms with Crippen molar-refractivity contribution in [3.8, 4) is 5.75 Å². The third-order valence-corrected chi connectivity index (χ3v) is 7.22. The van der Waals surface area contributed by atoms with Crippen molar-refractivity contribution in [1.29, 1.82) is 0 Å². The summed E-state index contributed by atoms with van der Waals surface area (Å²) in [5.74, 6) is -1.50.